The average Bonchev–Trinajstić information content (AvgIpc) is 3.09. The van der Waals surface area contributed by atoms with E-state index in [0.29, 0.717) is 51.5 Å². The van der Waals surface area contributed by atoms with E-state index in [0.717, 1.165) is 11.3 Å². The number of hydrogen-bond donors (Lipinski definition) is 0. The highest BCUT2D eigenvalue weighted by atomic mass is 35.5. The summed E-state index contributed by atoms with van der Waals surface area (Å²) in [7, 11) is 0. The van der Waals surface area contributed by atoms with Crippen LogP contribution in [0.3, 0.4) is 0 Å². The fourth-order valence-electron chi connectivity index (χ4n) is 3.37. The molecule has 1 amide bonds. The molecule has 3 aromatic carbocycles. The van der Waals surface area contributed by atoms with Crippen molar-refractivity contribution in [1.29, 1.82) is 0 Å². The summed E-state index contributed by atoms with van der Waals surface area (Å²) in [4.78, 5) is 13.0. The average molecular weight is 481 g/mol. The highest BCUT2D eigenvalue weighted by Crippen LogP contribution is 2.29. The number of hydrazone groups is 1. The first-order chi connectivity index (χ1) is 15.9. The number of carbonyl (C=O) groups excluding carboxylic acids is 1. The largest absolute Gasteiger partial charge is 0.490 e. The van der Waals surface area contributed by atoms with E-state index in [2.05, 4.69) is 5.10 Å². The number of aryl methyl sites for hydroxylation is 1. The summed E-state index contributed by atoms with van der Waals surface area (Å²) in [6.07, 6.45) is 1.76. The highest BCUT2D eigenvalue weighted by Gasteiger charge is 2.28. The summed E-state index contributed by atoms with van der Waals surface area (Å²) in [5, 5.41) is 7.06. The number of anilines is 1. The van der Waals surface area contributed by atoms with Gasteiger partial charge < -0.3 is 9.47 Å². The number of para-hydroxylation sites is 1. The van der Waals surface area contributed by atoms with Crippen molar-refractivity contribution in [3.8, 4) is 11.5 Å². The molecule has 0 unspecified atom stereocenters. The zero-order chi connectivity index (χ0) is 23.4. The summed E-state index contributed by atoms with van der Waals surface area (Å²) in [5.74, 6) is 1.12. The van der Waals surface area contributed by atoms with Crippen molar-refractivity contribution < 1.29 is 14.3 Å². The van der Waals surface area contributed by atoms with E-state index in [1.807, 2.05) is 49.4 Å². The zero-order valence-electron chi connectivity index (χ0n) is 18.2. The lowest BCUT2D eigenvalue weighted by Gasteiger charge is -2.13. The van der Waals surface area contributed by atoms with Crippen molar-refractivity contribution in [2.45, 2.75) is 13.8 Å². The smallest absolute Gasteiger partial charge is 0.280 e. The van der Waals surface area contributed by atoms with Gasteiger partial charge in [0.2, 0.25) is 0 Å². The zero-order valence-corrected chi connectivity index (χ0v) is 19.7. The maximum absolute atomic E-state index is 13.0. The van der Waals surface area contributed by atoms with E-state index in [9.17, 15) is 4.79 Å². The third-order valence-corrected chi connectivity index (χ3v) is 5.73. The second-order valence-electron chi connectivity index (χ2n) is 7.49. The molecule has 0 spiro atoms. The molecule has 3 aromatic rings. The molecule has 0 saturated heterocycles. The van der Waals surface area contributed by atoms with Crippen LogP contribution in [0.4, 0.5) is 5.69 Å². The Morgan fingerprint density at radius 1 is 0.939 bits per heavy atom. The standard InChI is InChI=1S/C26H22Cl2N2O3/c1-17-14-22(9-10-24(17)28)32-12-13-33-25-11-8-20(27)15-19(25)16-23-18(2)29-30(26(23)31)21-6-4-3-5-7-21/h3-11,14-16H,12-13H2,1-2H3. The fraction of sp³-hybridized carbons (Fsp3) is 0.154. The lowest BCUT2D eigenvalue weighted by Crippen LogP contribution is -2.21. The Morgan fingerprint density at radius 2 is 1.70 bits per heavy atom. The van der Waals surface area contributed by atoms with Gasteiger partial charge in [-0.2, -0.15) is 10.1 Å². The van der Waals surface area contributed by atoms with Crippen LogP contribution in [0.5, 0.6) is 11.5 Å². The van der Waals surface area contributed by atoms with Crippen LogP contribution in [-0.2, 0) is 4.79 Å². The predicted octanol–water partition coefficient (Wildman–Crippen LogP) is 6.57. The molecule has 1 aliphatic heterocycles. The quantitative estimate of drug-likeness (QED) is 0.284. The Kier molecular flexibility index (Phi) is 7.02. The summed E-state index contributed by atoms with van der Waals surface area (Å²) < 4.78 is 11.7. The maximum atomic E-state index is 13.0. The first-order valence-corrected chi connectivity index (χ1v) is 11.2. The SMILES string of the molecule is CC1=NN(c2ccccc2)C(=O)C1=Cc1cc(Cl)ccc1OCCOc1ccc(Cl)c(C)c1. The maximum Gasteiger partial charge on any atom is 0.280 e. The van der Waals surface area contributed by atoms with Crippen LogP contribution in [0.25, 0.3) is 6.08 Å². The van der Waals surface area contributed by atoms with Crippen LogP contribution in [0.2, 0.25) is 10.0 Å². The molecule has 0 bridgehead atoms. The van der Waals surface area contributed by atoms with Crippen LogP contribution >= 0.6 is 23.2 Å². The molecule has 168 valence electrons. The summed E-state index contributed by atoms with van der Waals surface area (Å²) in [6, 6.07) is 20.1. The molecule has 0 atom stereocenters. The van der Waals surface area contributed by atoms with Gasteiger partial charge in [-0.05, 0) is 74.0 Å². The highest BCUT2D eigenvalue weighted by molar-refractivity contribution is 6.33. The van der Waals surface area contributed by atoms with E-state index in [1.165, 1.54) is 5.01 Å². The summed E-state index contributed by atoms with van der Waals surface area (Å²) >= 11 is 12.3. The molecule has 0 radical (unpaired) electrons. The third kappa shape index (κ3) is 5.38. The van der Waals surface area contributed by atoms with Crippen LogP contribution in [-0.4, -0.2) is 24.8 Å². The van der Waals surface area contributed by atoms with Crippen LogP contribution in [0.15, 0.2) is 77.4 Å². The van der Waals surface area contributed by atoms with Crippen molar-refractivity contribution in [2.24, 2.45) is 5.10 Å². The van der Waals surface area contributed by atoms with E-state index in [1.54, 1.807) is 37.3 Å². The number of hydrogen-bond acceptors (Lipinski definition) is 4. The molecule has 0 saturated carbocycles. The molecule has 0 aromatic heterocycles. The minimum atomic E-state index is -0.203. The van der Waals surface area contributed by atoms with Crippen molar-refractivity contribution >= 4 is 46.6 Å². The van der Waals surface area contributed by atoms with Crippen molar-refractivity contribution in [2.75, 3.05) is 18.2 Å². The number of amides is 1. The molecule has 7 heteroatoms. The van der Waals surface area contributed by atoms with Gasteiger partial charge >= 0.3 is 0 Å². The van der Waals surface area contributed by atoms with Crippen LogP contribution in [0, 0.1) is 6.92 Å². The Bertz CT molecular complexity index is 1240. The van der Waals surface area contributed by atoms with Gasteiger partial charge in [-0.25, -0.2) is 0 Å². The third-order valence-electron chi connectivity index (χ3n) is 5.07. The monoisotopic (exact) mass is 480 g/mol. The van der Waals surface area contributed by atoms with Crippen LogP contribution < -0.4 is 14.5 Å². The molecular formula is C26H22Cl2N2O3. The van der Waals surface area contributed by atoms with Crippen LogP contribution in [0.1, 0.15) is 18.1 Å². The summed E-state index contributed by atoms with van der Waals surface area (Å²) in [5.41, 5.74) is 3.46. The molecule has 0 aliphatic carbocycles. The van der Waals surface area contributed by atoms with Gasteiger partial charge in [0, 0.05) is 15.6 Å². The predicted molar refractivity (Wildman–Crippen MR) is 134 cm³/mol. The lowest BCUT2D eigenvalue weighted by molar-refractivity contribution is -0.114. The first-order valence-electron chi connectivity index (χ1n) is 10.4. The minimum Gasteiger partial charge on any atom is -0.490 e. The molecule has 0 fully saturated rings. The van der Waals surface area contributed by atoms with Gasteiger partial charge in [0.05, 0.1) is 17.0 Å². The number of benzene rings is 3. The number of ether oxygens (including phenoxy) is 2. The normalized spacial score (nSPS) is 14.5. The van der Waals surface area contributed by atoms with Crippen molar-refractivity contribution in [3.63, 3.8) is 0 Å². The second kappa shape index (κ2) is 10.1. The van der Waals surface area contributed by atoms with E-state index in [-0.39, 0.29) is 5.91 Å². The Labute approximate surface area is 202 Å². The molecule has 5 nitrogen and oxygen atoms in total. The second-order valence-corrected chi connectivity index (χ2v) is 8.33. The summed E-state index contributed by atoms with van der Waals surface area (Å²) in [6.45, 7) is 4.39. The van der Waals surface area contributed by atoms with Gasteiger partial charge in [-0.1, -0.05) is 41.4 Å². The molecular weight excluding hydrogens is 459 g/mol. The number of rotatable bonds is 7. The van der Waals surface area contributed by atoms with E-state index >= 15 is 0 Å². The minimum absolute atomic E-state index is 0.203. The number of halogens is 2. The topological polar surface area (TPSA) is 51.1 Å². The van der Waals surface area contributed by atoms with Gasteiger partial charge in [0.25, 0.3) is 5.91 Å². The molecule has 0 N–H and O–H groups in total. The first kappa shape index (κ1) is 22.9. The molecule has 33 heavy (non-hydrogen) atoms. The Morgan fingerprint density at radius 3 is 2.45 bits per heavy atom. The van der Waals surface area contributed by atoms with E-state index < -0.39 is 0 Å². The van der Waals surface area contributed by atoms with Crippen molar-refractivity contribution in [1.82, 2.24) is 0 Å². The van der Waals surface area contributed by atoms with Gasteiger partial charge in [-0.3, -0.25) is 4.79 Å². The van der Waals surface area contributed by atoms with Crippen molar-refractivity contribution in [3.05, 3.63) is 93.5 Å². The fourth-order valence-corrected chi connectivity index (χ4v) is 3.66. The lowest BCUT2D eigenvalue weighted by atomic mass is 10.1. The van der Waals surface area contributed by atoms with Gasteiger partial charge in [0.15, 0.2) is 0 Å². The Balaban J connectivity index is 1.48. The molecule has 4 rings (SSSR count). The molecule has 1 heterocycles. The molecule has 1 aliphatic rings. The number of carbonyl (C=O) groups is 1. The number of nitrogens with zero attached hydrogens (tertiary/aromatic N) is 2. The van der Waals surface area contributed by atoms with Gasteiger partial charge in [0.1, 0.15) is 24.7 Å². The van der Waals surface area contributed by atoms with Gasteiger partial charge in [-0.15, -0.1) is 0 Å². The Hall–Kier alpha value is -3.28. The van der Waals surface area contributed by atoms with E-state index in [4.69, 9.17) is 32.7 Å².